The van der Waals surface area contributed by atoms with Crippen molar-refractivity contribution in [2.45, 2.75) is 6.18 Å². The fourth-order valence-corrected chi connectivity index (χ4v) is 1.73. The van der Waals surface area contributed by atoms with Gasteiger partial charge < -0.3 is 10.1 Å². The first-order chi connectivity index (χ1) is 11.1. The van der Waals surface area contributed by atoms with Gasteiger partial charge in [0.25, 0.3) is 0 Å². The number of hydrogen-bond donors (Lipinski definition) is 1. The summed E-state index contributed by atoms with van der Waals surface area (Å²) in [7, 11) is 0. The number of benzene rings is 2. The minimum atomic E-state index is -5.02. The van der Waals surface area contributed by atoms with Crippen molar-refractivity contribution in [2.24, 2.45) is 0 Å². The van der Waals surface area contributed by atoms with Gasteiger partial charge in [-0.2, -0.15) is 13.2 Å². The molecule has 24 heavy (non-hydrogen) atoms. The van der Waals surface area contributed by atoms with Crippen LogP contribution in [0.1, 0.15) is 5.56 Å². The Bertz CT molecular complexity index is 743. The zero-order valence-corrected chi connectivity index (χ0v) is 11.3. The maximum Gasteiger partial charge on any atom is 0.416 e. The maximum absolute atomic E-state index is 13.7. The van der Waals surface area contributed by atoms with Gasteiger partial charge in [-0.1, -0.05) is 0 Å². The Morgan fingerprint density at radius 2 is 1.25 bits per heavy atom. The molecule has 128 valence electrons. The topological polar surface area (TPSA) is 38.3 Å². The molecule has 0 radical (unpaired) electrons. The SMILES string of the molecule is O=CNc1cc(F)c(Oc2c(F)cc(C(F)(F)F)cc2F)c(F)c1. The van der Waals surface area contributed by atoms with Gasteiger partial charge in [0.15, 0.2) is 34.8 Å². The Balaban J connectivity index is 2.44. The Hall–Kier alpha value is -2.78. The van der Waals surface area contributed by atoms with Gasteiger partial charge in [0.05, 0.1) is 5.56 Å². The summed E-state index contributed by atoms with van der Waals surface area (Å²) in [5, 5.41) is 1.94. The lowest BCUT2D eigenvalue weighted by Gasteiger charge is -2.13. The molecule has 0 aliphatic rings. The standard InChI is InChI=1S/C14H6F7NO2/c15-8-1-6(14(19,20)21)2-9(16)12(8)24-13-10(17)3-7(22-5-23)4-11(13)18/h1-5H,(H,22,23). The second kappa shape index (κ2) is 6.38. The Kier molecular flexibility index (Phi) is 4.67. The minimum absolute atomic E-state index is 0.0729. The summed E-state index contributed by atoms with van der Waals surface area (Å²) in [6.07, 6.45) is -4.89. The van der Waals surface area contributed by atoms with E-state index < -0.39 is 46.5 Å². The van der Waals surface area contributed by atoms with Crippen molar-refractivity contribution in [2.75, 3.05) is 5.32 Å². The molecule has 0 atom stereocenters. The molecule has 10 heteroatoms. The third kappa shape index (κ3) is 3.58. The number of anilines is 1. The van der Waals surface area contributed by atoms with Gasteiger partial charge in [-0.05, 0) is 12.1 Å². The molecule has 2 aromatic rings. The predicted octanol–water partition coefficient (Wildman–Crippen LogP) is 4.62. The third-order valence-corrected chi connectivity index (χ3v) is 2.75. The van der Waals surface area contributed by atoms with Gasteiger partial charge in [0.1, 0.15) is 0 Å². The zero-order chi connectivity index (χ0) is 18.1. The first kappa shape index (κ1) is 17.6. The summed E-state index contributed by atoms with van der Waals surface area (Å²) in [6.45, 7) is 0. The first-order valence-corrected chi connectivity index (χ1v) is 6.06. The second-order valence-corrected chi connectivity index (χ2v) is 4.40. The molecular formula is C14H6F7NO2. The first-order valence-electron chi connectivity index (χ1n) is 6.06. The van der Waals surface area contributed by atoms with Gasteiger partial charge >= 0.3 is 6.18 Å². The number of hydrogen-bond acceptors (Lipinski definition) is 2. The molecule has 0 saturated heterocycles. The van der Waals surface area contributed by atoms with E-state index in [0.717, 1.165) is 0 Å². The van der Waals surface area contributed by atoms with E-state index in [9.17, 15) is 35.5 Å². The number of halogens is 7. The van der Waals surface area contributed by atoms with E-state index in [0.29, 0.717) is 12.1 Å². The molecule has 0 fully saturated rings. The van der Waals surface area contributed by atoms with Crippen molar-refractivity contribution in [3.8, 4) is 11.5 Å². The molecule has 0 bridgehead atoms. The van der Waals surface area contributed by atoms with Gasteiger partial charge in [-0.25, -0.2) is 17.6 Å². The number of amides is 1. The molecule has 1 amide bonds. The van der Waals surface area contributed by atoms with Gasteiger partial charge in [-0.15, -0.1) is 0 Å². The molecule has 0 aliphatic carbocycles. The number of rotatable bonds is 4. The van der Waals surface area contributed by atoms with Crippen LogP contribution >= 0.6 is 0 Å². The molecule has 0 aromatic heterocycles. The highest BCUT2D eigenvalue weighted by atomic mass is 19.4. The highest BCUT2D eigenvalue weighted by Gasteiger charge is 2.33. The van der Waals surface area contributed by atoms with Gasteiger partial charge in [0.2, 0.25) is 6.41 Å². The maximum atomic E-state index is 13.7. The van der Waals surface area contributed by atoms with Crippen LogP contribution in [0.15, 0.2) is 24.3 Å². The highest BCUT2D eigenvalue weighted by molar-refractivity contribution is 5.71. The van der Waals surface area contributed by atoms with Gasteiger partial charge in [0, 0.05) is 17.8 Å². The molecule has 0 heterocycles. The number of carbonyl (C=O) groups is 1. The van der Waals surface area contributed by atoms with Gasteiger partial charge in [-0.3, -0.25) is 4.79 Å². The monoisotopic (exact) mass is 353 g/mol. The molecule has 2 aromatic carbocycles. The van der Waals surface area contributed by atoms with E-state index in [1.807, 2.05) is 5.32 Å². The van der Waals surface area contributed by atoms with Crippen LogP contribution in [0.5, 0.6) is 11.5 Å². The smallest absolute Gasteiger partial charge is 0.416 e. The van der Waals surface area contributed by atoms with Crippen LogP contribution in [0.2, 0.25) is 0 Å². The largest absolute Gasteiger partial charge is 0.445 e. The molecular weight excluding hydrogens is 347 g/mol. The zero-order valence-electron chi connectivity index (χ0n) is 11.3. The Morgan fingerprint density at radius 3 is 1.62 bits per heavy atom. The molecule has 1 N–H and O–H groups in total. The Labute approximate surface area is 129 Å². The van der Waals surface area contributed by atoms with Crippen LogP contribution in [-0.4, -0.2) is 6.41 Å². The van der Waals surface area contributed by atoms with E-state index in [2.05, 4.69) is 4.74 Å². The molecule has 0 spiro atoms. The van der Waals surface area contributed by atoms with Crippen molar-refractivity contribution in [3.63, 3.8) is 0 Å². The van der Waals surface area contributed by atoms with Crippen molar-refractivity contribution >= 4 is 12.1 Å². The number of ether oxygens (including phenoxy) is 1. The lowest BCUT2D eigenvalue weighted by Crippen LogP contribution is -2.07. The lowest BCUT2D eigenvalue weighted by molar-refractivity contribution is -0.138. The van der Waals surface area contributed by atoms with Crippen LogP contribution in [0.4, 0.5) is 36.4 Å². The number of carbonyl (C=O) groups excluding carboxylic acids is 1. The predicted molar refractivity (Wildman–Crippen MR) is 67.5 cm³/mol. The van der Waals surface area contributed by atoms with E-state index in [1.54, 1.807) is 0 Å². The molecule has 3 nitrogen and oxygen atoms in total. The molecule has 0 saturated carbocycles. The lowest BCUT2D eigenvalue weighted by atomic mass is 10.2. The average Bonchev–Trinajstić information content (AvgIpc) is 2.44. The number of nitrogens with one attached hydrogen (secondary N) is 1. The van der Waals surface area contributed by atoms with Crippen LogP contribution in [0.25, 0.3) is 0 Å². The van der Waals surface area contributed by atoms with E-state index in [1.165, 1.54) is 0 Å². The van der Waals surface area contributed by atoms with Crippen LogP contribution < -0.4 is 10.1 Å². The van der Waals surface area contributed by atoms with E-state index >= 15 is 0 Å². The molecule has 0 unspecified atom stereocenters. The Morgan fingerprint density at radius 1 is 0.833 bits per heavy atom. The summed E-state index contributed by atoms with van der Waals surface area (Å²) in [5.41, 5.74) is -1.93. The molecule has 0 aliphatic heterocycles. The normalized spacial score (nSPS) is 11.3. The van der Waals surface area contributed by atoms with Crippen LogP contribution in [0, 0.1) is 23.3 Å². The van der Waals surface area contributed by atoms with Crippen molar-refractivity contribution in [1.82, 2.24) is 0 Å². The summed E-state index contributed by atoms with van der Waals surface area (Å²) in [4.78, 5) is 10.2. The van der Waals surface area contributed by atoms with E-state index in [4.69, 9.17) is 0 Å². The summed E-state index contributed by atoms with van der Waals surface area (Å²) in [5.74, 6) is -9.11. The van der Waals surface area contributed by atoms with Crippen molar-refractivity contribution in [3.05, 3.63) is 53.1 Å². The minimum Gasteiger partial charge on any atom is -0.445 e. The fraction of sp³-hybridized carbons (Fsp3) is 0.0714. The van der Waals surface area contributed by atoms with Crippen molar-refractivity contribution < 1.29 is 40.3 Å². The van der Waals surface area contributed by atoms with Crippen LogP contribution in [0.3, 0.4) is 0 Å². The number of alkyl halides is 3. The van der Waals surface area contributed by atoms with E-state index in [-0.39, 0.29) is 24.2 Å². The highest BCUT2D eigenvalue weighted by Crippen LogP contribution is 2.37. The average molecular weight is 353 g/mol. The summed E-state index contributed by atoms with van der Waals surface area (Å²) >= 11 is 0. The molecule has 2 rings (SSSR count). The fourth-order valence-electron chi connectivity index (χ4n) is 1.73. The second-order valence-electron chi connectivity index (χ2n) is 4.40. The third-order valence-electron chi connectivity index (χ3n) is 2.75. The van der Waals surface area contributed by atoms with Crippen molar-refractivity contribution in [1.29, 1.82) is 0 Å². The quantitative estimate of drug-likeness (QED) is 0.643. The van der Waals surface area contributed by atoms with Crippen LogP contribution in [-0.2, 0) is 11.0 Å². The summed E-state index contributed by atoms with van der Waals surface area (Å²) < 4.78 is 96.3. The summed E-state index contributed by atoms with van der Waals surface area (Å²) in [6, 6.07) is 1.03.